The number of hydrogen-bond donors (Lipinski definition) is 1. The van der Waals surface area contributed by atoms with Crippen LogP contribution in [-0.2, 0) is 16.1 Å². The molecule has 0 unspecified atom stereocenters. The van der Waals surface area contributed by atoms with Gasteiger partial charge in [-0.1, -0.05) is 54.4 Å². The molecule has 0 aliphatic rings. The SMILES string of the molecule is CCCNC(=O)[C@@H](C)N(Cc1ccc(Cl)cc1)C(=O)COc1ccccc1Cl. The monoisotopic (exact) mass is 422 g/mol. The van der Waals surface area contributed by atoms with Crippen molar-refractivity contribution in [1.29, 1.82) is 0 Å². The van der Waals surface area contributed by atoms with Gasteiger partial charge in [-0.15, -0.1) is 0 Å². The molecule has 0 saturated carbocycles. The molecule has 2 rings (SSSR count). The fraction of sp³-hybridized carbons (Fsp3) is 0.333. The number of amides is 2. The van der Waals surface area contributed by atoms with Gasteiger partial charge in [0.2, 0.25) is 5.91 Å². The Morgan fingerprint density at radius 3 is 2.43 bits per heavy atom. The summed E-state index contributed by atoms with van der Waals surface area (Å²) in [5.41, 5.74) is 0.866. The fourth-order valence-corrected chi connectivity index (χ4v) is 2.87. The third-order valence-corrected chi connectivity index (χ3v) is 4.73. The van der Waals surface area contributed by atoms with Gasteiger partial charge in [0.1, 0.15) is 11.8 Å². The lowest BCUT2D eigenvalue weighted by molar-refractivity contribution is -0.142. The molecule has 0 aliphatic heterocycles. The van der Waals surface area contributed by atoms with Crippen LogP contribution >= 0.6 is 23.2 Å². The van der Waals surface area contributed by atoms with Crippen LogP contribution in [0.1, 0.15) is 25.8 Å². The zero-order valence-corrected chi connectivity index (χ0v) is 17.5. The Kier molecular flexibility index (Phi) is 8.61. The molecule has 28 heavy (non-hydrogen) atoms. The van der Waals surface area contributed by atoms with Gasteiger partial charge in [0, 0.05) is 18.1 Å². The van der Waals surface area contributed by atoms with E-state index in [0.29, 0.717) is 22.3 Å². The summed E-state index contributed by atoms with van der Waals surface area (Å²) >= 11 is 12.0. The molecule has 0 aromatic heterocycles. The van der Waals surface area contributed by atoms with Crippen LogP contribution in [0.4, 0.5) is 0 Å². The zero-order valence-electron chi connectivity index (χ0n) is 16.0. The van der Waals surface area contributed by atoms with Crippen molar-refractivity contribution in [2.24, 2.45) is 0 Å². The Bertz CT molecular complexity index is 796. The van der Waals surface area contributed by atoms with Gasteiger partial charge >= 0.3 is 0 Å². The van der Waals surface area contributed by atoms with Crippen LogP contribution in [0, 0.1) is 0 Å². The molecule has 1 atom stereocenters. The number of para-hydroxylation sites is 1. The molecule has 2 amide bonds. The minimum Gasteiger partial charge on any atom is -0.482 e. The van der Waals surface area contributed by atoms with Crippen LogP contribution in [0.2, 0.25) is 10.0 Å². The Morgan fingerprint density at radius 1 is 1.11 bits per heavy atom. The molecule has 0 fully saturated rings. The second kappa shape index (κ2) is 10.9. The maximum absolute atomic E-state index is 12.9. The van der Waals surface area contributed by atoms with Crippen molar-refractivity contribution in [2.45, 2.75) is 32.9 Å². The smallest absolute Gasteiger partial charge is 0.261 e. The van der Waals surface area contributed by atoms with Crippen LogP contribution in [0.3, 0.4) is 0 Å². The molecule has 1 N–H and O–H groups in total. The predicted octanol–water partition coefficient (Wildman–Crippen LogP) is 4.32. The summed E-state index contributed by atoms with van der Waals surface area (Å²) < 4.78 is 5.57. The van der Waals surface area contributed by atoms with Gasteiger partial charge in [0.25, 0.3) is 5.91 Å². The van der Waals surface area contributed by atoms with Crippen molar-refractivity contribution in [2.75, 3.05) is 13.2 Å². The average Bonchev–Trinajstić information content (AvgIpc) is 2.70. The third-order valence-electron chi connectivity index (χ3n) is 4.17. The van der Waals surface area contributed by atoms with Crippen molar-refractivity contribution in [3.63, 3.8) is 0 Å². The second-order valence-corrected chi connectivity index (χ2v) is 7.18. The molecule has 5 nitrogen and oxygen atoms in total. The highest BCUT2D eigenvalue weighted by Crippen LogP contribution is 2.23. The second-order valence-electron chi connectivity index (χ2n) is 6.33. The summed E-state index contributed by atoms with van der Waals surface area (Å²) in [7, 11) is 0. The van der Waals surface area contributed by atoms with Gasteiger partial charge in [0.15, 0.2) is 6.61 Å². The summed E-state index contributed by atoms with van der Waals surface area (Å²) in [6.07, 6.45) is 0.819. The van der Waals surface area contributed by atoms with E-state index >= 15 is 0 Å². The highest BCUT2D eigenvalue weighted by atomic mass is 35.5. The van der Waals surface area contributed by atoms with E-state index < -0.39 is 6.04 Å². The largest absolute Gasteiger partial charge is 0.482 e. The Balaban J connectivity index is 2.13. The molecular formula is C21H24Cl2N2O3. The molecule has 0 bridgehead atoms. The highest BCUT2D eigenvalue weighted by Gasteiger charge is 2.26. The van der Waals surface area contributed by atoms with Crippen LogP contribution < -0.4 is 10.1 Å². The molecular weight excluding hydrogens is 399 g/mol. The minimum atomic E-state index is -0.649. The van der Waals surface area contributed by atoms with Gasteiger partial charge in [-0.2, -0.15) is 0 Å². The standard InChI is InChI=1S/C21H24Cl2N2O3/c1-3-12-24-21(27)15(2)25(13-16-8-10-17(22)11-9-16)20(26)14-28-19-7-5-4-6-18(19)23/h4-11,15H,3,12-14H2,1-2H3,(H,24,27)/t15-/m1/s1. The van der Waals surface area contributed by atoms with Crippen molar-refractivity contribution >= 4 is 35.0 Å². The molecule has 2 aromatic carbocycles. The molecule has 0 aliphatic carbocycles. The Hall–Kier alpha value is -2.24. The highest BCUT2D eigenvalue weighted by molar-refractivity contribution is 6.32. The summed E-state index contributed by atoms with van der Waals surface area (Å²) in [6.45, 7) is 4.28. The summed E-state index contributed by atoms with van der Waals surface area (Å²) in [5.74, 6) is -0.0945. The zero-order chi connectivity index (χ0) is 20.5. The number of rotatable bonds is 9. The van der Waals surface area contributed by atoms with Crippen molar-refractivity contribution < 1.29 is 14.3 Å². The quantitative estimate of drug-likeness (QED) is 0.654. The fourth-order valence-electron chi connectivity index (χ4n) is 2.55. The number of hydrogen-bond acceptors (Lipinski definition) is 3. The number of halogens is 2. The van der Waals surface area contributed by atoms with E-state index in [2.05, 4.69) is 5.32 Å². The summed E-state index contributed by atoms with van der Waals surface area (Å²) in [4.78, 5) is 26.8. The number of nitrogens with one attached hydrogen (secondary N) is 1. The van der Waals surface area contributed by atoms with E-state index in [1.54, 1.807) is 43.3 Å². The molecule has 0 spiro atoms. The minimum absolute atomic E-state index is 0.207. The van der Waals surface area contributed by atoms with Crippen LogP contribution in [0.5, 0.6) is 5.75 Å². The Morgan fingerprint density at radius 2 is 1.79 bits per heavy atom. The molecule has 0 saturated heterocycles. The van der Waals surface area contributed by atoms with Gasteiger partial charge in [-0.25, -0.2) is 0 Å². The number of carbonyl (C=O) groups is 2. The van der Waals surface area contributed by atoms with E-state index in [1.807, 2.05) is 19.1 Å². The number of benzene rings is 2. The van der Waals surface area contributed by atoms with E-state index in [0.717, 1.165) is 12.0 Å². The van der Waals surface area contributed by atoms with E-state index in [9.17, 15) is 9.59 Å². The molecule has 0 radical (unpaired) electrons. The lowest BCUT2D eigenvalue weighted by Crippen LogP contribution is -2.49. The first kappa shape index (κ1) is 22.1. The molecule has 2 aromatic rings. The summed E-state index contributed by atoms with van der Waals surface area (Å²) in [6, 6.07) is 13.4. The van der Waals surface area contributed by atoms with Crippen molar-refractivity contribution in [1.82, 2.24) is 10.2 Å². The van der Waals surface area contributed by atoms with Crippen molar-refractivity contribution in [3.05, 3.63) is 64.1 Å². The molecule has 7 heteroatoms. The van der Waals surface area contributed by atoms with Gasteiger partial charge in [-0.05, 0) is 43.2 Å². The first-order valence-electron chi connectivity index (χ1n) is 9.11. The number of nitrogens with zero attached hydrogens (tertiary/aromatic N) is 1. The average molecular weight is 423 g/mol. The first-order valence-corrected chi connectivity index (χ1v) is 9.87. The van der Waals surface area contributed by atoms with Crippen LogP contribution in [0.15, 0.2) is 48.5 Å². The van der Waals surface area contributed by atoms with Gasteiger partial charge in [-0.3, -0.25) is 9.59 Å². The number of ether oxygens (including phenoxy) is 1. The predicted molar refractivity (Wildman–Crippen MR) is 112 cm³/mol. The lowest BCUT2D eigenvalue weighted by atomic mass is 10.1. The van der Waals surface area contributed by atoms with E-state index in [4.69, 9.17) is 27.9 Å². The van der Waals surface area contributed by atoms with Gasteiger partial charge < -0.3 is 15.0 Å². The lowest BCUT2D eigenvalue weighted by Gasteiger charge is -2.28. The number of carbonyl (C=O) groups excluding carboxylic acids is 2. The maximum Gasteiger partial charge on any atom is 0.261 e. The first-order chi connectivity index (χ1) is 13.4. The van der Waals surface area contributed by atoms with Gasteiger partial charge in [0.05, 0.1) is 5.02 Å². The topological polar surface area (TPSA) is 58.6 Å². The van der Waals surface area contributed by atoms with E-state index in [-0.39, 0.29) is 25.0 Å². The maximum atomic E-state index is 12.9. The van der Waals surface area contributed by atoms with Crippen LogP contribution in [-0.4, -0.2) is 35.9 Å². The molecule has 150 valence electrons. The van der Waals surface area contributed by atoms with Crippen LogP contribution in [0.25, 0.3) is 0 Å². The normalized spacial score (nSPS) is 11.6. The summed E-state index contributed by atoms with van der Waals surface area (Å²) in [5, 5.41) is 3.86. The molecule has 0 heterocycles. The third kappa shape index (κ3) is 6.43. The Labute approximate surface area is 175 Å². The van der Waals surface area contributed by atoms with E-state index in [1.165, 1.54) is 4.90 Å². The van der Waals surface area contributed by atoms with Crippen molar-refractivity contribution in [3.8, 4) is 5.75 Å².